The van der Waals surface area contributed by atoms with Crippen LogP contribution in [0.25, 0.3) is 0 Å². The lowest BCUT2D eigenvalue weighted by Gasteiger charge is -2.24. The lowest BCUT2D eigenvalue weighted by atomic mass is 9.85. The first-order valence-corrected chi connectivity index (χ1v) is 8.14. The van der Waals surface area contributed by atoms with Gasteiger partial charge in [0, 0.05) is 12.6 Å². The van der Waals surface area contributed by atoms with Gasteiger partial charge in [0.2, 0.25) is 5.91 Å². The van der Waals surface area contributed by atoms with Gasteiger partial charge in [0.15, 0.2) is 0 Å². The van der Waals surface area contributed by atoms with Crippen molar-refractivity contribution in [2.45, 2.75) is 56.9 Å². The van der Waals surface area contributed by atoms with Gasteiger partial charge in [-0.15, -0.1) is 12.4 Å². The molecule has 134 valence electrons. The van der Waals surface area contributed by atoms with Crippen LogP contribution < -0.4 is 10.6 Å². The van der Waals surface area contributed by atoms with E-state index in [0.29, 0.717) is 12.0 Å². The van der Waals surface area contributed by atoms with Gasteiger partial charge in [-0.2, -0.15) is 13.2 Å². The highest BCUT2D eigenvalue weighted by Crippen LogP contribution is 2.34. The van der Waals surface area contributed by atoms with E-state index >= 15 is 0 Å². The topological polar surface area (TPSA) is 41.1 Å². The molecule has 3 atom stereocenters. The molecule has 3 rings (SSSR count). The molecular weight excluding hydrogens is 341 g/mol. The first-order chi connectivity index (χ1) is 10.9. The fourth-order valence-corrected chi connectivity index (χ4v) is 3.78. The van der Waals surface area contributed by atoms with E-state index < -0.39 is 11.7 Å². The first-order valence-electron chi connectivity index (χ1n) is 8.14. The van der Waals surface area contributed by atoms with E-state index in [1.165, 1.54) is 25.0 Å². The lowest BCUT2D eigenvalue weighted by Crippen LogP contribution is -2.43. The number of alkyl halides is 3. The Kier molecular flexibility index (Phi) is 6.15. The average molecular weight is 363 g/mol. The zero-order valence-corrected chi connectivity index (χ0v) is 14.1. The summed E-state index contributed by atoms with van der Waals surface area (Å²) >= 11 is 0. The van der Waals surface area contributed by atoms with Crippen LogP contribution in [-0.4, -0.2) is 18.0 Å². The summed E-state index contributed by atoms with van der Waals surface area (Å²) in [6.45, 7) is -0.0952. The Morgan fingerprint density at radius 3 is 2.62 bits per heavy atom. The molecule has 0 spiro atoms. The van der Waals surface area contributed by atoms with E-state index in [1.54, 1.807) is 6.07 Å². The van der Waals surface area contributed by atoms with Crippen LogP contribution >= 0.6 is 12.4 Å². The number of halogens is 4. The fourth-order valence-electron chi connectivity index (χ4n) is 3.78. The minimum absolute atomic E-state index is 0. The van der Waals surface area contributed by atoms with Crippen LogP contribution in [0.2, 0.25) is 0 Å². The number of hydrogen-bond donors (Lipinski definition) is 2. The zero-order chi connectivity index (χ0) is 16.4. The lowest BCUT2D eigenvalue weighted by molar-refractivity contribution is -0.138. The van der Waals surface area contributed by atoms with Crippen molar-refractivity contribution in [3.8, 4) is 0 Å². The Morgan fingerprint density at radius 1 is 1.21 bits per heavy atom. The number of fused-ring (bicyclic) bond motifs is 1. The molecule has 0 aromatic heterocycles. The van der Waals surface area contributed by atoms with E-state index in [2.05, 4.69) is 10.6 Å². The molecule has 24 heavy (non-hydrogen) atoms. The smallest absolute Gasteiger partial charge is 0.351 e. The molecule has 1 saturated heterocycles. The predicted octanol–water partition coefficient (Wildman–Crippen LogP) is 3.66. The van der Waals surface area contributed by atoms with Gasteiger partial charge in [0.05, 0.1) is 11.6 Å². The quantitative estimate of drug-likeness (QED) is 0.861. The Balaban J connectivity index is 0.00000208. The molecule has 2 aliphatic rings. The third-order valence-electron chi connectivity index (χ3n) is 4.96. The summed E-state index contributed by atoms with van der Waals surface area (Å²) in [5.41, 5.74) is -0.586. The Bertz CT molecular complexity index is 565. The summed E-state index contributed by atoms with van der Waals surface area (Å²) in [5, 5.41) is 6.00. The molecule has 1 aromatic carbocycles. The Morgan fingerprint density at radius 2 is 1.92 bits per heavy atom. The Hall–Kier alpha value is -1.27. The van der Waals surface area contributed by atoms with Crippen molar-refractivity contribution in [3.05, 3.63) is 35.4 Å². The maximum Gasteiger partial charge on any atom is 0.416 e. The molecule has 7 heteroatoms. The monoisotopic (exact) mass is 362 g/mol. The van der Waals surface area contributed by atoms with Crippen LogP contribution in [0.1, 0.15) is 43.2 Å². The van der Waals surface area contributed by atoms with Crippen molar-refractivity contribution in [2.75, 3.05) is 0 Å². The number of carbonyl (C=O) groups excluding carboxylic acids is 1. The predicted molar refractivity (Wildman–Crippen MR) is 87.8 cm³/mol. The van der Waals surface area contributed by atoms with E-state index in [-0.39, 0.29) is 36.5 Å². The van der Waals surface area contributed by atoms with Crippen molar-refractivity contribution in [3.63, 3.8) is 0 Å². The molecule has 1 amide bonds. The number of benzene rings is 1. The number of nitrogens with one attached hydrogen (secondary N) is 2. The zero-order valence-electron chi connectivity index (χ0n) is 13.2. The minimum Gasteiger partial charge on any atom is -0.351 e. The number of hydrogen-bond acceptors (Lipinski definition) is 2. The third-order valence-corrected chi connectivity index (χ3v) is 4.96. The standard InChI is InChI=1S/C17H21F3N2O.ClH/c18-17(19,20)13-7-3-1-6-12(13)10-21-16(23)15-9-11-5-2-4-8-14(11)22-15;/h1,3,6-7,11,14-15,22H,2,4-5,8-10H2,(H,21,23);1H. The summed E-state index contributed by atoms with van der Waals surface area (Å²) in [6.07, 6.45) is 1.00. The van der Waals surface area contributed by atoms with Crippen molar-refractivity contribution < 1.29 is 18.0 Å². The van der Waals surface area contributed by atoms with Gasteiger partial charge in [0.25, 0.3) is 0 Å². The third kappa shape index (κ3) is 4.22. The second-order valence-corrected chi connectivity index (χ2v) is 6.48. The Labute approximate surface area is 145 Å². The minimum atomic E-state index is -4.40. The van der Waals surface area contributed by atoms with E-state index in [0.717, 1.165) is 25.3 Å². The van der Waals surface area contributed by atoms with Gasteiger partial charge in [-0.05, 0) is 36.8 Å². The largest absolute Gasteiger partial charge is 0.416 e. The fraction of sp³-hybridized carbons (Fsp3) is 0.588. The summed E-state index contributed by atoms with van der Waals surface area (Å²) in [4.78, 5) is 12.3. The highest BCUT2D eigenvalue weighted by atomic mass is 35.5. The molecule has 0 radical (unpaired) electrons. The number of rotatable bonds is 3. The molecule has 1 saturated carbocycles. The SMILES string of the molecule is Cl.O=C(NCc1ccccc1C(F)(F)F)C1CC2CCCCC2N1. The van der Waals surface area contributed by atoms with Crippen molar-refractivity contribution in [1.82, 2.24) is 10.6 Å². The molecule has 1 aliphatic heterocycles. The summed E-state index contributed by atoms with van der Waals surface area (Å²) in [6, 6.07) is 5.48. The molecule has 2 fully saturated rings. The summed E-state index contributed by atoms with van der Waals surface area (Å²) in [7, 11) is 0. The van der Waals surface area contributed by atoms with Crippen LogP contribution in [0, 0.1) is 5.92 Å². The van der Waals surface area contributed by atoms with E-state index in [4.69, 9.17) is 0 Å². The van der Waals surface area contributed by atoms with Crippen molar-refractivity contribution in [2.24, 2.45) is 5.92 Å². The number of amides is 1. The highest BCUT2D eigenvalue weighted by molar-refractivity contribution is 5.85. The van der Waals surface area contributed by atoms with Crippen LogP contribution in [0.3, 0.4) is 0 Å². The van der Waals surface area contributed by atoms with Crippen molar-refractivity contribution in [1.29, 1.82) is 0 Å². The summed E-state index contributed by atoms with van der Waals surface area (Å²) in [5.74, 6) is 0.332. The second kappa shape index (κ2) is 7.74. The van der Waals surface area contributed by atoms with Gasteiger partial charge in [-0.3, -0.25) is 4.79 Å². The van der Waals surface area contributed by atoms with Crippen LogP contribution in [-0.2, 0) is 17.5 Å². The van der Waals surface area contributed by atoms with Gasteiger partial charge in [-0.1, -0.05) is 31.0 Å². The highest BCUT2D eigenvalue weighted by Gasteiger charge is 2.38. The molecule has 1 aromatic rings. The maximum atomic E-state index is 12.9. The molecule has 3 unspecified atom stereocenters. The molecule has 1 heterocycles. The molecule has 1 aliphatic carbocycles. The summed E-state index contributed by atoms with van der Waals surface area (Å²) < 4.78 is 38.8. The van der Waals surface area contributed by atoms with Crippen LogP contribution in [0.4, 0.5) is 13.2 Å². The number of carbonyl (C=O) groups is 1. The second-order valence-electron chi connectivity index (χ2n) is 6.48. The molecule has 3 nitrogen and oxygen atoms in total. The maximum absolute atomic E-state index is 12.9. The normalized spacial score (nSPS) is 26.4. The molecule has 0 bridgehead atoms. The van der Waals surface area contributed by atoms with Crippen LogP contribution in [0.15, 0.2) is 24.3 Å². The van der Waals surface area contributed by atoms with Gasteiger partial charge < -0.3 is 10.6 Å². The van der Waals surface area contributed by atoms with Crippen LogP contribution in [0.5, 0.6) is 0 Å². The average Bonchev–Trinajstić information content (AvgIpc) is 2.96. The van der Waals surface area contributed by atoms with Gasteiger partial charge in [-0.25, -0.2) is 0 Å². The molecular formula is C17H22ClF3N2O. The first kappa shape index (κ1) is 19.1. The van der Waals surface area contributed by atoms with Gasteiger partial charge >= 0.3 is 6.18 Å². The van der Waals surface area contributed by atoms with Crippen molar-refractivity contribution >= 4 is 18.3 Å². The van der Waals surface area contributed by atoms with E-state index in [9.17, 15) is 18.0 Å². The van der Waals surface area contributed by atoms with Gasteiger partial charge in [0.1, 0.15) is 0 Å². The molecule has 2 N–H and O–H groups in total. The van der Waals surface area contributed by atoms with E-state index in [1.807, 2.05) is 0 Å².